The fourth-order valence-corrected chi connectivity index (χ4v) is 2.37. The molecule has 128 valence electrons. The van der Waals surface area contributed by atoms with Crippen molar-refractivity contribution in [2.75, 3.05) is 18.5 Å². The van der Waals surface area contributed by atoms with Gasteiger partial charge in [0.15, 0.2) is 11.5 Å². The lowest BCUT2D eigenvalue weighted by Crippen LogP contribution is -2.12. The topological polar surface area (TPSA) is 47.6 Å². The van der Waals surface area contributed by atoms with E-state index in [4.69, 9.17) is 9.47 Å². The minimum Gasteiger partial charge on any atom is -0.490 e. The van der Waals surface area contributed by atoms with E-state index < -0.39 is 0 Å². The van der Waals surface area contributed by atoms with Gasteiger partial charge in [-0.15, -0.1) is 0 Å². The second-order valence-electron chi connectivity index (χ2n) is 5.76. The van der Waals surface area contributed by atoms with Crippen molar-refractivity contribution in [3.8, 4) is 11.5 Å². The number of carbonyl (C=O) groups is 1. The standard InChI is InChI=1S/C20H25NO3/c1-5-23-18-11-10-16(13-19(18)24-6-2)20(22)21-17-9-7-8-15(12-17)14(3)4/h7-14H,5-6H2,1-4H3,(H,21,22). The summed E-state index contributed by atoms with van der Waals surface area (Å²) in [6.07, 6.45) is 0. The Kier molecular flexibility index (Phi) is 6.24. The van der Waals surface area contributed by atoms with Crippen LogP contribution in [0.3, 0.4) is 0 Å². The van der Waals surface area contributed by atoms with E-state index >= 15 is 0 Å². The van der Waals surface area contributed by atoms with Crippen molar-refractivity contribution in [1.82, 2.24) is 0 Å². The second kappa shape index (κ2) is 8.39. The van der Waals surface area contributed by atoms with Crippen LogP contribution in [0.25, 0.3) is 0 Å². The van der Waals surface area contributed by atoms with Crippen LogP contribution in [0, 0.1) is 0 Å². The summed E-state index contributed by atoms with van der Waals surface area (Å²) in [4.78, 5) is 12.5. The van der Waals surface area contributed by atoms with Crippen molar-refractivity contribution in [2.45, 2.75) is 33.6 Å². The Morgan fingerprint density at radius 1 is 1.00 bits per heavy atom. The molecule has 4 nitrogen and oxygen atoms in total. The Bertz CT molecular complexity index is 695. The van der Waals surface area contributed by atoms with Gasteiger partial charge in [0.05, 0.1) is 13.2 Å². The Balaban J connectivity index is 2.20. The fraction of sp³-hybridized carbons (Fsp3) is 0.350. The molecule has 4 heteroatoms. The molecule has 1 N–H and O–H groups in total. The van der Waals surface area contributed by atoms with Crippen LogP contribution in [-0.4, -0.2) is 19.1 Å². The first-order valence-corrected chi connectivity index (χ1v) is 8.36. The van der Waals surface area contributed by atoms with E-state index in [-0.39, 0.29) is 5.91 Å². The molecule has 0 aromatic heterocycles. The lowest BCUT2D eigenvalue weighted by Gasteiger charge is -2.13. The van der Waals surface area contributed by atoms with Gasteiger partial charge in [-0.2, -0.15) is 0 Å². The molecular weight excluding hydrogens is 302 g/mol. The molecule has 0 unspecified atom stereocenters. The molecule has 24 heavy (non-hydrogen) atoms. The third-order valence-electron chi connectivity index (χ3n) is 3.62. The van der Waals surface area contributed by atoms with E-state index in [1.807, 2.05) is 32.0 Å². The number of rotatable bonds is 7. The summed E-state index contributed by atoms with van der Waals surface area (Å²) < 4.78 is 11.1. The van der Waals surface area contributed by atoms with Crippen molar-refractivity contribution in [3.63, 3.8) is 0 Å². The highest BCUT2D eigenvalue weighted by Crippen LogP contribution is 2.29. The number of ether oxygens (including phenoxy) is 2. The van der Waals surface area contributed by atoms with Gasteiger partial charge in [-0.1, -0.05) is 26.0 Å². The molecule has 2 rings (SSSR count). The number of amides is 1. The molecule has 1 amide bonds. The summed E-state index contributed by atoms with van der Waals surface area (Å²) in [5, 5.41) is 2.94. The summed E-state index contributed by atoms with van der Waals surface area (Å²) in [5.74, 6) is 1.48. The lowest BCUT2D eigenvalue weighted by atomic mass is 10.0. The van der Waals surface area contributed by atoms with Gasteiger partial charge in [0.25, 0.3) is 5.91 Å². The van der Waals surface area contributed by atoms with Gasteiger partial charge in [-0.3, -0.25) is 4.79 Å². The van der Waals surface area contributed by atoms with Crippen molar-refractivity contribution >= 4 is 11.6 Å². The van der Waals surface area contributed by atoms with Gasteiger partial charge < -0.3 is 14.8 Å². The average Bonchev–Trinajstić information content (AvgIpc) is 2.57. The van der Waals surface area contributed by atoms with Crippen LogP contribution in [0.4, 0.5) is 5.69 Å². The van der Waals surface area contributed by atoms with Gasteiger partial charge in [0.1, 0.15) is 0 Å². The summed E-state index contributed by atoms with van der Waals surface area (Å²) >= 11 is 0. The molecule has 0 radical (unpaired) electrons. The first kappa shape index (κ1) is 17.9. The predicted octanol–water partition coefficient (Wildman–Crippen LogP) is 4.86. The van der Waals surface area contributed by atoms with E-state index in [2.05, 4.69) is 25.2 Å². The first-order valence-electron chi connectivity index (χ1n) is 8.36. The SMILES string of the molecule is CCOc1ccc(C(=O)Nc2cccc(C(C)C)c2)cc1OCC. The van der Waals surface area contributed by atoms with Crippen LogP contribution in [0.1, 0.15) is 49.5 Å². The number of nitrogens with one attached hydrogen (secondary N) is 1. The van der Waals surface area contributed by atoms with Crippen molar-refractivity contribution in [2.24, 2.45) is 0 Å². The Hall–Kier alpha value is -2.49. The summed E-state index contributed by atoms with van der Waals surface area (Å²) in [6, 6.07) is 13.1. The highest BCUT2D eigenvalue weighted by atomic mass is 16.5. The molecule has 0 bridgehead atoms. The minimum atomic E-state index is -0.167. The zero-order valence-electron chi connectivity index (χ0n) is 14.8. The van der Waals surface area contributed by atoms with Gasteiger partial charge in [-0.25, -0.2) is 0 Å². The predicted molar refractivity (Wildman–Crippen MR) is 97.3 cm³/mol. The van der Waals surface area contributed by atoms with E-state index in [1.165, 1.54) is 5.56 Å². The number of benzene rings is 2. The highest BCUT2D eigenvalue weighted by molar-refractivity contribution is 6.04. The van der Waals surface area contributed by atoms with E-state index in [9.17, 15) is 4.79 Å². The molecule has 0 saturated carbocycles. The largest absolute Gasteiger partial charge is 0.490 e. The van der Waals surface area contributed by atoms with Crippen LogP contribution in [0.15, 0.2) is 42.5 Å². The molecule has 0 heterocycles. The Morgan fingerprint density at radius 3 is 2.38 bits per heavy atom. The van der Waals surface area contributed by atoms with Crippen LogP contribution in [-0.2, 0) is 0 Å². The van der Waals surface area contributed by atoms with Gasteiger partial charge in [0, 0.05) is 11.3 Å². The molecule has 2 aromatic carbocycles. The number of hydrogen-bond donors (Lipinski definition) is 1. The number of hydrogen-bond acceptors (Lipinski definition) is 3. The lowest BCUT2D eigenvalue weighted by molar-refractivity contribution is 0.102. The van der Waals surface area contributed by atoms with E-state index in [1.54, 1.807) is 18.2 Å². The monoisotopic (exact) mass is 327 g/mol. The molecule has 0 atom stereocenters. The summed E-state index contributed by atoms with van der Waals surface area (Å²) in [6.45, 7) is 9.14. The third kappa shape index (κ3) is 4.51. The molecule has 0 saturated heterocycles. The molecule has 0 aliphatic rings. The van der Waals surface area contributed by atoms with Crippen molar-refractivity contribution in [3.05, 3.63) is 53.6 Å². The van der Waals surface area contributed by atoms with Gasteiger partial charge in [-0.05, 0) is 55.7 Å². The van der Waals surface area contributed by atoms with Gasteiger partial charge >= 0.3 is 0 Å². The molecular formula is C20H25NO3. The quantitative estimate of drug-likeness (QED) is 0.790. The zero-order valence-corrected chi connectivity index (χ0v) is 14.8. The zero-order chi connectivity index (χ0) is 17.5. The maximum atomic E-state index is 12.5. The van der Waals surface area contributed by atoms with Crippen LogP contribution < -0.4 is 14.8 Å². The van der Waals surface area contributed by atoms with E-state index in [0.717, 1.165) is 5.69 Å². The van der Waals surface area contributed by atoms with E-state index in [0.29, 0.717) is 36.2 Å². The Morgan fingerprint density at radius 2 is 1.71 bits per heavy atom. The fourth-order valence-electron chi connectivity index (χ4n) is 2.37. The van der Waals surface area contributed by atoms with Crippen molar-refractivity contribution in [1.29, 1.82) is 0 Å². The third-order valence-corrected chi connectivity index (χ3v) is 3.62. The molecule has 0 aliphatic heterocycles. The first-order chi connectivity index (χ1) is 11.5. The minimum absolute atomic E-state index is 0.167. The number of anilines is 1. The molecule has 0 spiro atoms. The molecule has 0 aliphatic carbocycles. The highest BCUT2D eigenvalue weighted by Gasteiger charge is 2.12. The molecule has 2 aromatic rings. The molecule has 0 fully saturated rings. The van der Waals surface area contributed by atoms with Crippen molar-refractivity contribution < 1.29 is 14.3 Å². The van der Waals surface area contributed by atoms with Crippen LogP contribution in [0.5, 0.6) is 11.5 Å². The van der Waals surface area contributed by atoms with Crippen LogP contribution >= 0.6 is 0 Å². The Labute approximate surface area is 143 Å². The number of carbonyl (C=O) groups excluding carboxylic acids is 1. The van der Waals surface area contributed by atoms with Gasteiger partial charge in [0.2, 0.25) is 0 Å². The smallest absolute Gasteiger partial charge is 0.255 e. The maximum Gasteiger partial charge on any atom is 0.255 e. The second-order valence-corrected chi connectivity index (χ2v) is 5.76. The normalized spacial score (nSPS) is 10.5. The summed E-state index contributed by atoms with van der Waals surface area (Å²) in [7, 11) is 0. The maximum absolute atomic E-state index is 12.5. The average molecular weight is 327 g/mol. The van der Waals surface area contributed by atoms with Crippen LogP contribution in [0.2, 0.25) is 0 Å². The summed E-state index contributed by atoms with van der Waals surface area (Å²) in [5.41, 5.74) is 2.52.